The second kappa shape index (κ2) is 10.2. The Kier molecular flexibility index (Phi) is 6.64. The van der Waals surface area contributed by atoms with Crippen LogP contribution in [0.15, 0.2) is 79.0 Å². The van der Waals surface area contributed by atoms with Gasteiger partial charge in [0.15, 0.2) is 0 Å². The van der Waals surface area contributed by atoms with Gasteiger partial charge in [0.2, 0.25) is 5.91 Å². The van der Waals surface area contributed by atoms with Crippen molar-refractivity contribution in [1.29, 1.82) is 0 Å². The lowest BCUT2D eigenvalue weighted by Crippen LogP contribution is -2.61. The number of rotatable bonds is 5. The molecule has 2 aromatic heterocycles. The third kappa shape index (κ3) is 4.88. The van der Waals surface area contributed by atoms with Gasteiger partial charge in [-0.15, -0.1) is 0 Å². The molecule has 0 radical (unpaired) electrons. The van der Waals surface area contributed by atoms with Crippen LogP contribution in [0.25, 0.3) is 22.0 Å². The highest BCUT2D eigenvalue weighted by Crippen LogP contribution is 2.38. The lowest BCUT2D eigenvalue weighted by Gasteiger charge is -2.42. The Bertz CT molecular complexity index is 1570. The average Bonchev–Trinajstić information content (AvgIpc) is 3.68. The molecule has 41 heavy (non-hydrogen) atoms. The summed E-state index contributed by atoms with van der Waals surface area (Å²) in [7, 11) is 0. The van der Waals surface area contributed by atoms with Gasteiger partial charge >= 0.3 is 0 Å². The number of piperazine rings is 1. The highest BCUT2D eigenvalue weighted by molar-refractivity contribution is 6.00. The molecule has 4 aromatic rings. The standard InChI is InChI=1S/C33H35N5O3/c1-20-28-17-24(38(20)31(40)26-15-14-23(18-34-26)21-10-6-5-7-11-21)19-37(28)32(41)29(33(2,3)4)36-30(39)27-16-22-12-8-9-13-25(22)35-27/h5-16,18,20,24,28-29,35H,17,19H2,1-4H3,(H,36,39)/t20-,24-,28-,29+/m0/s1. The second-order valence-electron chi connectivity index (χ2n) is 12.2. The third-order valence-electron chi connectivity index (χ3n) is 8.48. The zero-order valence-corrected chi connectivity index (χ0v) is 23.8. The van der Waals surface area contributed by atoms with Crippen molar-refractivity contribution in [1.82, 2.24) is 25.1 Å². The van der Waals surface area contributed by atoms with Crippen molar-refractivity contribution in [3.63, 3.8) is 0 Å². The largest absolute Gasteiger partial charge is 0.351 e. The number of benzene rings is 2. The van der Waals surface area contributed by atoms with Crippen LogP contribution in [0.5, 0.6) is 0 Å². The minimum atomic E-state index is -0.718. The Hall–Kier alpha value is -4.46. The number of carbonyl (C=O) groups is 3. The van der Waals surface area contributed by atoms with E-state index in [0.29, 0.717) is 24.4 Å². The lowest BCUT2D eigenvalue weighted by molar-refractivity contribution is -0.139. The molecule has 2 bridgehead atoms. The average molecular weight is 550 g/mol. The van der Waals surface area contributed by atoms with Gasteiger partial charge in [0.05, 0.1) is 18.1 Å². The summed E-state index contributed by atoms with van der Waals surface area (Å²) in [5.74, 6) is -0.538. The summed E-state index contributed by atoms with van der Waals surface area (Å²) in [6.45, 7) is 8.31. The number of H-pyrrole nitrogens is 1. The Morgan fingerprint density at radius 3 is 2.37 bits per heavy atom. The Morgan fingerprint density at radius 2 is 1.71 bits per heavy atom. The van der Waals surface area contributed by atoms with E-state index in [4.69, 9.17) is 0 Å². The van der Waals surface area contributed by atoms with Crippen LogP contribution in [-0.4, -0.2) is 68.2 Å². The van der Waals surface area contributed by atoms with Gasteiger partial charge in [-0.25, -0.2) is 0 Å². The molecule has 0 unspecified atom stereocenters. The van der Waals surface area contributed by atoms with Crippen molar-refractivity contribution in [2.75, 3.05) is 6.54 Å². The molecule has 2 N–H and O–H groups in total. The van der Waals surface area contributed by atoms with E-state index in [2.05, 4.69) is 15.3 Å². The molecule has 8 heteroatoms. The van der Waals surface area contributed by atoms with E-state index in [0.717, 1.165) is 22.0 Å². The van der Waals surface area contributed by atoms with E-state index in [9.17, 15) is 14.4 Å². The molecule has 2 aliphatic rings. The maximum absolute atomic E-state index is 14.0. The van der Waals surface area contributed by atoms with E-state index < -0.39 is 11.5 Å². The number of amides is 3. The maximum Gasteiger partial charge on any atom is 0.273 e. The summed E-state index contributed by atoms with van der Waals surface area (Å²) < 4.78 is 0. The van der Waals surface area contributed by atoms with Gasteiger partial charge in [-0.05, 0) is 42.5 Å². The van der Waals surface area contributed by atoms with Crippen molar-refractivity contribution in [3.8, 4) is 11.1 Å². The van der Waals surface area contributed by atoms with Gasteiger partial charge in [0.1, 0.15) is 17.4 Å². The van der Waals surface area contributed by atoms with Crippen molar-refractivity contribution >= 4 is 28.6 Å². The number of nitrogens with zero attached hydrogens (tertiary/aromatic N) is 3. The summed E-state index contributed by atoms with van der Waals surface area (Å²) >= 11 is 0. The molecule has 4 atom stereocenters. The van der Waals surface area contributed by atoms with Crippen LogP contribution in [0, 0.1) is 5.41 Å². The fourth-order valence-electron chi connectivity index (χ4n) is 6.30. The van der Waals surface area contributed by atoms with Crippen molar-refractivity contribution in [2.45, 2.75) is 58.3 Å². The fraction of sp³-hybridized carbons (Fsp3) is 0.333. The van der Waals surface area contributed by atoms with Crippen molar-refractivity contribution in [3.05, 3.63) is 90.4 Å². The van der Waals surface area contributed by atoms with Crippen LogP contribution in [0.4, 0.5) is 0 Å². The van der Waals surface area contributed by atoms with E-state index in [-0.39, 0.29) is 35.8 Å². The van der Waals surface area contributed by atoms with E-state index in [1.807, 2.05) is 98.2 Å². The van der Waals surface area contributed by atoms with E-state index in [1.54, 1.807) is 18.3 Å². The predicted molar refractivity (Wildman–Crippen MR) is 158 cm³/mol. The first-order valence-electron chi connectivity index (χ1n) is 14.1. The normalized spacial score (nSPS) is 20.8. The predicted octanol–water partition coefficient (Wildman–Crippen LogP) is 4.89. The van der Waals surface area contributed by atoms with Gasteiger partial charge in [0.25, 0.3) is 11.8 Å². The molecule has 8 nitrogen and oxygen atoms in total. The first kappa shape index (κ1) is 26.7. The molecule has 2 aliphatic heterocycles. The number of likely N-dealkylation sites (tertiary alicyclic amines) is 2. The van der Waals surface area contributed by atoms with E-state index in [1.165, 1.54) is 0 Å². The molecule has 2 aromatic carbocycles. The summed E-state index contributed by atoms with van der Waals surface area (Å²) in [6, 6.07) is 22.1. The summed E-state index contributed by atoms with van der Waals surface area (Å²) in [5.41, 5.74) is 3.19. The minimum absolute atomic E-state index is 0.0907. The number of nitrogens with one attached hydrogen (secondary N) is 2. The number of para-hydroxylation sites is 1. The molecule has 6 rings (SSSR count). The molecule has 2 fully saturated rings. The zero-order valence-electron chi connectivity index (χ0n) is 23.8. The Labute approximate surface area is 239 Å². The Balaban J connectivity index is 1.16. The molecule has 0 aliphatic carbocycles. The Morgan fingerprint density at radius 1 is 0.976 bits per heavy atom. The highest BCUT2D eigenvalue weighted by Gasteiger charge is 2.53. The minimum Gasteiger partial charge on any atom is -0.351 e. The first-order valence-corrected chi connectivity index (χ1v) is 14.1. The van der Waals surface area contributed by atoms with Crippen LogP contribution in [0.3, 0.4) is 0 Å². The van der Waals surface area contributed by atoms with Gasteiger partial charge < -0.3 is 20.1 Å². The summed E-state index contributed by atoms with van der Waals surface area (Å²) in [6.07, 6.45) is 2.45. The topological polar surface area (TPSA) is 98.4 Å². The van der Waals surface area contributed by atoms with Gasteiger partial charge in [-0.3, -0.25) is 19.4 Å². The van der Waals surface area contributed by atoms with Crippen LogP contribution in [0.1, 0.15) is 55.1 Å². The number of fused-ring (bicyclic) bond motifs is 3. The van der Waals surface area contributed by atoms with Gasteiger partial charge in [0, 0.05) is 29.2 Å². The monoisotopic (exact) mass is 549 g/mol. The molecule has 0 saturated carbocycles. The zero-order chi connectivity index (χ0) is 28.9. The van der Waals surface area contributed by atoms with Crippen molar-refractivity contribution in [2.24, 2.45) is 5.41 Å². The van der Waals surface area contributed by atoms with Gasteiger partial charge in [-0.1, -0.05) is 75.4 Å². The highest BCUT2D eigenvalue weighted by atomic mass is 16.2. The first-order chi connectivity index (χ1) is 19.6. The number of aromatic amines is 1. The quantitative estimate of drug-likeness (QED) is 0.370. The lowest BCUT2D eigenvalue weighted by atomic mass is 9.85. The smallest absolute Gasteiger partial charge is 0.273 e. The van der Waals surface area contributed by atoms with Crippen LogP contribution in [0.2, 0.25) is 0 Å². The number of pyridine rings is 1. The van der Waals surface area contributed by atoms with E-state index >= 15 is 0 Å². The SMILES string of the molecule is C[C@H]1[C@@H]2C[C@@H](CN2C(=O)[C@@H](NC(=O)c2cc3ccccc3[nH]2)C(C)(C)C)N1C(=O)c1ccc(-c2ccccc2)cn1. The number of hydrogen-bond acceptors (Lipinski definition) is 4. The number of carbonyl (C=O) groups excluding carboxylic acids is 3. The summed E-state index contributed by atoms with van der Waals surface area (Å²) in [4.78, 5) is 52.2. The molecule has 4 heterocycles. The number of aromatic nitrogens is 2. The van der Waals surface area contributed by atoms with Crippen LogP contribution >= 0.6 is 0 Å². The molecular weight excluding hydrogens is 514 g/mol. The summed E-state index contributed by atoms with van der Waals surface area (Å²) in [5, 5.41) is 3.95. The molecule has 0 spiro atoms. The van der Waals surface area contributed by atoms with Crippen LogP contribution in [-0.2, 0) is 4.79 Å². The van der Waals surface area contributed by atoms with Crippen molar-refractivity contribution < 1.29 is 14.4 Å². The fourth-order valence-corrected chi connectivity index (χ4v) is 6.30. The number of hydrogen-bond donors (Lipinski definition) is 2. The molecule has 3 amide bonds. The molecule has 2 saturated heterocycles. The molecule has 210 valence electrons. The van der Waals surface area contributed by atoms with Crippen LogP contribution < -0.4 is 5.32 Å². The second-order valence-corrected chi connectivity index (χ2v) is 12.2. The van der Waals surface area contributed by atoms with Gasteiger partial charge in [-0.2, -0.15) is 0 Å². The molecular formula is C33H35N5O3. The maximum atomic E-state index is 14.0. The third-order valence-corrected chi connectivity index (χ3v) is 8.48.